The van der Waals surface area contributed by atoms with E-state index in [1.807, 2.05) is 0 Å². The van der Waals surface area contributed by atoms with E-state index in [2.05, 4.69) is 34.6 Å². The number of unbranched alkanes of at least 4 members (excludes halogenated alkanes) is 52. The molecule has 3 N–H and O–H groups in total. The zero-order chi connectivity index (χ0) is 73.4. The topological polar surface area (TPSA) is 237 Å². The molecule has 3 unspecified atom stereocenters. The molecule has 0 radical (unpaired) electrons. The summed E-state index contributed by atoms with van der Waals surface area (Å²) >= 11 is 0. The molecular weight excluding hydrogens is 1310 g/mol. The molecule has 100 heavy (non-hydrogen) atoms. The number of carbonyl (C=O) groups excluding carboxylic acids is 4. The lowest BCUT2D eigenvalue weighted by molar-refractivity contribution is -0.161. The lowest BCUT2D eigenvalue weighted by atomic mass is 10.00. The van der Waals surface area contributed by atoms with Crippen molar-refractivity contribution in [3.05, 3.63) is 0 Å². The third kappa shape index (κ3) is 73.0. The number of aliphatic hydroxyl groups excluding tert-OH is 1. The van der Waals surface area contributed by atoms with Crippen LogP contribution in [0.2, 0.25) is 0 Å². The van der Waals surface area contributed by atoms with Gasteiger partial charge in [0.15, 0.2) is 12.2 Å². The van der Waals surface area contributed by atoms with E-state index in [4.69, 9.17) is 37.0 Å². The van der Waals surface area contributed by atoms with Gasteiger partial charge in [-0.1, -0.05) is 381 Å². The molecule has 0 fully saturated rings. The summed E-state index contributed by atoms with van der Waals surface area (Å²) in [5, 5.41) is 10.6. The maximum atomic E-state index is 13.1. The van der Waals surface area contributed by atoms with E-state index in [1.54, 1.807) is 0 Å². The van der Waals surface area contributed by atoms with Crippen molar-refractivity contribution in [3.63, 3.8) is 0 Å². The molecule has 0 aromatic rings. The van der Waals surface area contributed by atoms with Gasteiger partial charge < -0.3 is 33.8 Å². The van der Waals surface area contributed by atoms with E-state index < -0.39 is 97.5 Å². The fourth-order valence-corrected chi connectivity index (χ4v) is 14.1. The lowest BCUT2D eigenvalue weighted by Crippen LogP contribution is -2.30. The van der Waals surface area contributed by atoms with Gasteiger partial charge in [0, 0.05) is 25.7 Å². The van der Waals surface area contributed by atoms with Gasteiger partial charge in [0.25, 0.3) is 0 Å². The first-order chi connectivity index (χ1) is 48.6. The number of hydrogen-bond donors (Lipinski definition) is 3. The van der Waals surface area contributed by atoms with Crippen LogP contribution in [0, 0.1) is 5.92 Å². The largest absolute Gasteiger partial charge is 0.472 e. The number of phosphoric acid groups is 2. The SMILES string of the molecule is CCCCCCCCCCCCCCCCCCCCCCC(=O)O[C@H](COC(=O)CCCCCCCCCCCCCCCCCC)COP(=O)(O)OC[C@@H](O)COP(=O)(O)OC[C@@H](COC(=O)CCCCCCCCC(C)CC)OC(=O)CCCCCCCCCCCCCCCC. The minimum atomic E-state index is -4.96. The Hall–Kier alpha value is -1.94. The second kappa shape index (κ2) is 73.9. The van der Waals surface area contributed by atoms with Crippen LogP contribution in [0.3, 0.4) is 0 Å². The minimum absolute atomic E-state index is 0.107. The summed E-state index contributed by atoms with van der Waals surface area (Å²) in [7, 11) is -9.92. The van der Waals surface area contributed by atoms with Crippen LogP contribution in [0.25, 0.3) is 0 Å². The van der Waals surface area contributed by atoms with Crippen molar-refractivity contribution < 1.29 is 80.2 Å². The van der Waals surface area contributed by atoms with E-state index >= 15 is 0 Å². The molecule has 0 spiro atoms. The second-order valence-corrected chi connectivity index (χ2v) is 32.3. The molecule has 19 heteroatoms. The van der Waals surface area contributed by atoms with Crippen LogP contribution < -0.4 is 0 Å². The van der Waals surface area contributed by atoms with Crippen molar-refractivity contribution in [1.82, 2.24) is 0 Å². The van der Waals surface area contributed by atoms with E-state index in [0.717, 1.165) is 102 Å². The summed E-state index contributed by atoms with van der Waals surface area (Å²) in [6.45, 7) is 7.29. The van der Waals surface area contributed by atoms with E-state index in [-0.39, 0.29) is 25.7 Å². The molecule has 0 amide bonds. The number of esters is 4. The fourth-order valence-electron chi connectivity index (χ4n) is 12.6. The number of ether oxygens (including phenoxy) is 4. The van der Waals surface area contributed by atoms with Gasteiger partial charge in [-0.2, -0.15) is 0 Å². The third-order valence-corrected chi connectivity index (χ3v) is 21.3. The third-order valence-electron chi connectivity index (χ3n) is 19.4. The second-order valence-electron chi connectivity index (χ2n) is 29.4. The number of aliphatic hydroxyl groups is 1. The van der Waals surface area contributed by atoms with Crippen LogP contribution in [0.5, 0.6) is 0 Å². The van der Waals surface area contributed by atoms with Gasteiger partial charge in [-0.3, -0.25) is 37.3 Å². The first kappa shape index (κ1) is 98.1. The summed E-state index contributed by atoms with van der Waals surface area (Å²) in [5.41, 5.74) is 0. The average Bonchev–Trinajstić information content (AvgIpc) is 0.988. The fraction of sp³-hybridized carbons (Fsp3) is 0.951. The van der Waals surface area contributed by atoms with Crippen LogP contribution in [0.4, 0.5) is 0 Å². The lowest BCUT2D eigenvalue weighted by Gasteiger charge is -2.21. The highest BCUT2D eigenvalue weighted by Gasteiger charge is 2.30. The van der Waals surface area contributed by atoms with Gasteiger partial charge in [0.1, 0.15) is 19.3 Å². The molecule has 594 valence electrons. The van der Waals surface area contributed by atoms with Gasteiger partial charge in [-0.05, 0) is 31.6 Å². The standard InChI is InChI=1S/C81H158O17P2/c1-6-10-13-16-19-22-25-28-31-33-34-35-36-38-41-44-47-50-57-62-67-80(85)97-76(70-91-78(83)64-59-54-48-45-42-40-37-32-29-26-23-20-17-14-11-7-2)72-95-99(87,88)93-68-75(82)69-94-100(89,90)96-73-77(71-92-79(84)65-60-55-52-51-53-58-63-74(5)9-4)98-81(86)66-61-56-49-46-43-39-30-27-24-21-18-15-12-8-3/h74-77,82H,6-73H2,1-5H3,(H,87,88)(H,89,90)/t74?,75-,76-,77-/m1/s1. The molecule has 0 aliphatic carbocycles. The van der Waals surface area contributed by atoms with Gasteiger partial charge in [-0.25, -0.2) is 9.13 Å². The predicted octanol–water partition coefficient (Wildman–Crippen LogP) is 24.4. The maximum Gasteiger partial charge on any atom is 0.472 e. The first-order valence-electron chi connectivity index (χ1n) is 42.2. The summed E-state index contributed by atoms with van der Waals surface area (Å²) in [4.78, 5) is 73.0. The van der Waals surface area contributed by atoms with Crippen molar-refractivity contribution >= 4 is 39.5 Å². The highest BCUT2D eigenvalue weighted by atomic mass is 31.2. The monoisotopic (exact) mass is 1470 g/mol. The molecule has 0 saturated heterocycles. The summed E-state index contributed by atoms with van der Waals surface area (Å²) in [6, 6.07) is 0. The Morgan fingerprint density at radius 3 is 0.710 bits per heavy atom. The van der Waals surface area contributed by atoms with Crippen LogP contribution in [0.1, 0.15) is 433 Å². The van der Waals surface area contributed by atoms with E-state index in [1.165, 1.54) is 250 Å². The Bertz CT molecular complexity index is 1910. The molecule has 0 aromatic heterocycles. The zero-order valence-electron chi connectivity index (χ0n) is 65.3. The van der Waals surface area contributed by atoms with E-state index in [0.29, 0.717) is 25.7 Å². The predicted molar refractivity (Wildman–Crippen MR) is 409 cm³/mol. The Morgan fingerprint density at radius 1 is 0.280 bits per heavy atom. The molecule has 0 bridgehead atoms. The highest BCUT2D eigenvalue weighted by molar-refractivity contribution is 7.47. The van der Waals surface area contributed by atoms with Crippen LogP contribution in [-0.2, 0) is 65.4 Å². The van der Waals surface area contributed by atoms with Crippen LogP contribution >= 0.6 is 15.6 Å². The maximum absolute atomic E-state index is 13.1. The van der Waals surface area contributed by atoms with Gasteiger partial charge in [-0.15, -0.1) is 0 Å². The average molecular weight is 1470 g/mol. The zero-order valence-corrected chi connectivity index (χ0v) is 67.1. The number of carbonyl (C=O) groups is 4. The van der Waals surface area contributed by atoms with Crippen molar-refractivity contribution in [3.8, 4) is 0 Å². The van der Waals surface area contributed by atoms with Crippen LogP contribution in [-0.4, -0.2) is 96.7 Å². The molecule has 0 aliphatic rings. The Morgan fingerprint density at radius 2 is 0.480 bits per heavy atom. The van der Waals surface area contributed by atoms with Crippen molar-refractivity contribution in [2.45, 2.75) is 451 Å². The Kier molecular flexibility index (Phi) is 72.5. The van der Waals surface area contributed by atoms with Gasteiger partial charge >= 0.3 is 39.5 Å². The quantitative estimate of drug-likeness (QED) is 0.0222. The van der Waals surface area contributed by atoms with Crippen molar-refractivity contribution in [2.24, 2.45) is 5.92 Å². The number of hydrogen-bond acceptors (Lipinski definition) is 15. The Balaban J connectivity index is 5.23. The van der Waals surface area contributed by atoms with Gasteiger partial charge in [0.2, 0.25) is 0 Å². The minimum Gasteiger partial charge on any atom is -0.462 e. The molecule has 0 aromatic carbocycles. The Labute approximate surface area is 613 Å². The first-order valence-corrected chi connectivity index (χ1v) is 45.2. The van der Waals surface area contributed by atoms with Gasteiger partial charge in [0.05, 0.1) is 26.4 Å². The molecule has 0 heterocycles. The molecule has 6 atom stereocenters. The van der Waals surface area contributed by atoms with Crippen LogP contribution in [0.15, 0.2) is 0 Å². The van der Waals surface area contributed by atoms with E-state index in [9.17, 15) is 43.2 Å². The smallest absolute Gasteiger partial charge is 0.462 e. The normalized spacial score (nSPS) is 14.1. The number of phosphoric ester groups is 2. The summed E-state index contributed by atoms with van der Waals surface area (Å²) < 4.78 is 68.7. The molecule has 0 saturated carbocycles. The summed E-state index contributed by atoms with van der Waals surface area (Å²) in [5.74, 6) is -1.38. The highest BCUT2D eigenvalue weighted by Crippen LogP contribution is 2.45. The van der Waals surface area contributed by atoms with Crippen molar-refractivity contribution in [2.75, 3.05) is 39.6 Å². The molecule has 17 nitrogen and oxygen atoms in total. The molecular formula is C81H158O17P2. The van der Waals surface area contributed by atoms with Crippen molar-refractivity contribution in [1.29, 1.82) is 0 Å². The molecule has 0 rings (SSSR count). The summed E-state index contributed by atoms with van der Waals surface area (Å²) in [6.07, 6.45) is 65.2. The molecule has 0 aliphatic heterocycles. The number of rotatable bonds is 81.